The molecule has 0 bridgehead atoms. The minimum Gasteiger partial charge on any atom is -0.497 e. The lowest BCUT2D eigenvalue weighted by atomic mass is 10.2. The molecule has 0 fully saturated rings. The monoisotopic (exact) mass is 460 g/mol. The Bertz CT molecular complexity index is 715. The molecule has 20 heavy (non-hydrogen) atoms. The molecule has 1 aromatic carbocycles. The predicted molar refractivity (Wildman–Crippen MR) is 85.0 cm³/mol. The summed E-state index contributed by atoms with van der Waals surface area (Å²) in [5, 5.41) is 9.09. The molecule has 0 atom stereocenters. The van der Waals surface area contributed by atoms with Gasteiger partial charge in [-0.1, -0.05) is 0 Å². The van der Waals surface area contributed by atoms with Crippen molar-refractivity contribution >= 4 is 53.7 Å². The number of aromatic nitrogens is 1. The third-order valence-corrected chi connectivity index (χ3v) is 5.46. The molecule has 0 aliphatic heterocycles. The molecule has 0 aliphatic rings. The van der Waals surface area contributed by atoms with Crippen LogP contribution in [-0.2, 0) is 0 Å². The first-order valence-corrected chi connectivity index (χ1v) is 7.73. The first kappa shape index (κ1) is 15.3. The average Bonchev–Trinajstić information content (AvgIpc) is 2.68. The maximum absolute atomic E-state index is 12.5. The molecule has 0 spiro atoms. The molecule has 2 rings (SSSR count). The summed E-state index contributed by atoms with van der Waals surface area (Å²) < 4.78 is 7.86. The Morgan fingerprint density at radius 2 is 1.80 bits per heavy atom. The van der Waals surface area contributed by atoms with Crippen molar-refractivity contribution in [3.63, 3.8) is 0 Å². The Morgan fingerprint density at radius 1 is 1.20 bits per heavy atom. The van der Waals surface area contributed by atoms with Crippen LogP contribution in [0.2, 0.25) is 0 Å². The van der Waals surface area contributed by atoms with E-state index >= 15 is 0 Å². The van der Waals surface area contributed by atoms with Gasteiger partial charge in [-0.3, -0.25) is 9.36 Å². The summed E-state index contributed by atoms with van der Waals surface area (Å²) in [6.07, 6.45) is 0. The van der Waals surface area contributed by atoms with E-state index in [9.17, 15) is 4.79 Å². The van der Waals surface area contributed by atoms with Crippen molar-refractivity contribution in [2.24, 2.45) is 0 Å². The van der Waals surface area contributed by atoms with E-state index in [0.717, 1.165) is 0 Å². The van der Waals surface area contributed by atoms with Crippen LogP contribution in [0, 0.1) is 11.3 Å². The molecule has 0 saturated heterocycles. The lowest BCUT2D eigenvalue weighted by molar-refractivity contribution is 0.0955. The molecule has 0 radical (unpaired) electrons. The highest BCUT2D eigenvalue weighted by Gasteiger charge is 2.23. The summed E-state index contributed by atoms with van der Waals surface area (Å²) in [6, 6.07) is 8.78. The maximum atomic E-state index is 12.5. The summed E-state index contributed by atoms with van der Waals surface area (Å²) in [6.45, 7) is 0. The Hall–Kier alpha value is -1.10. The normalized spacial score (nSPS) is 10.2. The van der Waals surface area contributed by atoms with E-state index in [0.29, 0.717) is 30.6 Å². The molecule has 1 heterocycles. The molecule has 0 N–H and O–H groups in total. The van der Waals surface area contributed by atoms with E-state index in [1.807, 2.05) is 6.07 Å². The number of hydrogen-bond acceptors (Lipinski definition) is 3. The van der Waals surface area contributed by atoms with Crippen LogP contribution in [-0.4, -0.2) is 17.6 Å². The van der Waals surface area contributed by atoms with Gasteiger partial charge in [0.2, 0.25) is 0 Å². The Balaban J connectivity index is 2.51. The largest absolute Gasteiger partial charge is 0.497 e. The van der Waals surface area contributed by atoms with E-state index in [-0.39, 0.29) is 5.91 Å². The quantitative estimate of drug-likeness (QED) is 0.667. The molecule has 102 valence electrons. The van der Waals surface area contributed by atoms with Gasteiger partial charge < -0.3 is 4.74 Å². The van der Waals surface area contributed by atoms with E-state index in [1.165, 1.54) is 4.57 Å². The van der Waals surface area contributed by atoms with Crippen molar-refractivity contribution in [1.82, 2.24) is 4.57 Å². The highest BCUT2D eigenvalue weighted by molar-refractivity contribution is 9.13. The number of ether oxygens (including phenoxy) is 1. The predicted octanol–water partition coefficient (Wildman–Crippen LogP) is 4.34. The summed E-state index contributed by atoms with van der Waals surface area (Å²) in [5.41, 5.74) is 0.845. The third-order valence-electron chi connectivity index (χ3n) is 2.65. The summed E-state index contributed by atoms with van der Waals surface area (Å²) in [5.74, 6) is 0.416. The van der Waals surface area contributed by atoms with Crippen LogP contribution < -0.4 is 4.74 Å². The fourth-order valence-corrected chi connectivity index (χ4v) is 3.75. The number of carbonyl (C=O) groups excluding carboxylic acids is 1. The van der Waals surface area contributed by atoms with Gasteiger partial charge in [0.05, 0.1) is 11.6 Å². The van der Waals surface area contributed by atoms with Crippen molar-refractivity contribution in [2.45, 2.75) is 0 Å². The van der Waals surface area contributed by atoms with Crippen LogP contribution in [0.15, 0.2) is 37.9 Å². The number of nitriles is 1. The van der Waals surface area contributed by atoms with Gasteiger partial charge in [-0.05, 0) is 72.1 Å². The number of benzene rings is 1. The minimum absolute atomic E-state index is 0.256. The maximum Gasteiger partial charge on any atom is 0.263 e. The van der Waals surface area contributed by atoms with Crippen molar-refractivity contribution < 1.29 is 9.53 Å². The summed E-state index contributed by atoms with van der Waals surface area (Å²) in [4.78, 5) is 12.5. The van der Waals surface area contributed by atoms with Gasteiger partial charge >= 0.3 is 0 Å². The number of rotatable bonds is 2. The highest BCUT2D eigenvalue weighted by Crippen LogP contribution is 2.36. The topological polar surface area (TPSA) is 55.0 Å². The van der Waals surface area contributed by atoms with Crippen molar-refractivity contribution in [1.29, 1.82) is 5.26 Å². The fraction of sp³-hybridized carbons (Fsp3) is 0.0769. The molecule has 0 saturated carbocycles. The molecule has 7 heteroatoms. The standard InChI is InChI=1S/C13H7Br3N2O2/c1-20-8-4-2-7(3-5-8)13(19)18-11(15)9(6-17)10(14)12(18)16/h2-5H,1H3. The number of halogens is 3. The Morgan fingerprint density at radius 3 is 2.25 bits per heavy atom. The van der Waals surface area contributed by atoms with Gasteiger partial charge in [0.25, 0.3) is 5.91 Å². The second kappa shape index (κ2) is 6.12. The third kappa shape index (κ3) is 2.55. The van der Waals surface area contributed by atoms with Crippen LogP contribution in [0.3, 0.4) is 0 Å². The first-order chi connectivity index (χ1) is 9.51. The SMILES string of the molecule is COc1ccc(C(=O)n2c(Br)c(Br)c(C#N)c2Br)cc1. The van der Waals surface area contributed by atoms with Gasteiger partial charge in [0, 0.05) is 5.56 Å². The molecule has 4 nitrogen and oxygen atoms in total. The molecular weight excluding hydrogens is 456 g/mol. The second-order valence-corrected chi connectivity index (χ2v) is 6.05. The first-order valence-electron chi connectivity index (χ1n) is 5.35. The zero-order valence-electron chi connectivity index (χ0n) is 10.2. The van der Waals surface area contributed by atoms with Gasteiger partial charge in [-0.25, -0.2) is 0 Å². The number of hydrogen-bond donors (Lipinski definition) is 0. The summed E-state index contributed by atoms with van der Waals surface area (Å²) in [7, 11) is 1.56. The summed E-state index contributed by atoms with van der Waals surface area (Å²) >= 11 is 9.87. The van der Waals surface area contributed by atoms with E-state index in [2.05, 4.69) is 47.8 Å². The van der Waals surface area contributed by atoms with Crippen LogP contribution >= 0.6 is 47.8 Å². The van der Waals surface area contributed by atoms with Crippen LogP contribution in [0.1, 0.15) is 15.9 Å². The molecule has 0 aliphatic carbocycles. The average molecular weight is 463 g/mol. The van der Waals surface area contributed by atoms with Gasteiger partial charge in [0.15, 0.2) is 0 Å². The smallest absolute Gasteiger partial charge is 0.263 e. The minimum atomic E-state index is -0.256. The van der Waals surface area contributed by atoms with Crippen LogP contribution in [0.5, 0.6) is 5.75 Å². The zero-order chi connectivity index (χ0) is 14.9. The Kier molecular flexibility index (Phi) is 4.68. The highest BCUT2D eigenvalue weighted by atomic mass is 79.9. The lowest BCUT2D eigenvalue weighted by Crippen LogP contribution is -2.12. The van der Waals surface area contributed by atoms with E-state index in [4.69, 9.17) is 10.00 Å². The number of carbonyl (C=O) groups is 1. The van der Waals surface area contributed by atoms with E-state index < -0.39 is 0 Å². The number of nitrogens with zero attached hydrogens (tertiary/aromatic N) is 2. The van der Waals surface area contributed by atoms with Crippen LogP contribution in [0.4, 0.5) is 0 Å². The van der Waals surface area contributed by atoms with E-state index in [1.54, 1.807) is 31.4 Å². The fourth-order valence-electron chi connectivity index (χ4n) is 1.63. The second-order valence-electron chi connectivity index (χ2n) is 3.75. The van der Waals surface area contributed by atoms with Crippen molar-refractivity contribution in [3.8, 4) is 11.8 Å². The molecule has 2 aromatic rings. The van der Waals surface area contributed by atoms with Gasteiger partial charge in [0.1, 0.15) is 26.6 Å². The number of methoxy groups -OCH3 is 1. The van der Waals surface area contributed by atoms with Crippen molar-refractivity contribution in [3.05, 3.63) is 49.1 Å². The Labute approximate surface area is 140 Å². The lowest BCUT2D eigenvalue weighted by Gasteiger charge is -2.06. The molecule has 0 amide bonds. The van der Waals surface area contributed by atoms with Crippen molar-refractivity contribution in [2.75, 3.05) is 7.11 Å². The zero-order valence-corrected chi connectivity index (χ0v) is 14.9. The molecule has 1 aromatic heterocycles. The van der Waals surface area contributed by atoms with Gasteiger partial charge in [-0.15, -0.1) is 0 Å². The molecule has 0 unspecified atom stereocenters. The molecular formula is C13H7Br3N2O2. The van der Waals surface area contributed by atoms with Crippen LogP contribution in [0.25, 0.3) is 0 Å². The van der Waals surface area contributed by atoms with Gasteiger partial charge in [-0.2, -0.15) is 5.26 Å².